The number of rotatable bonds is 8. The van der Waals surface area contributed by atoms with Crippen molar-refractivity contribution in [2.45, 2.75) is 39.0 Å². The van der Waals surface area contributed by atoms with Gasteiger partial charge in [0.2, 0.25) is 0 Å². The Morgan fingerprint density at radius 1 is 1.25 bits per heavy atom. The zero-order chi connectivity index (χ0) is 12.8. The standard InChI is InChI=1S/C12H28N2O2/c1-10(2)8-14(4)12(3,9-13)7-11(15-5)16-6/h10-11H,7-9,13H2,1-6H3. The van der Waals surface area contributed by atoms with Gasteiger partial charge in [0.05, 0.1) is 0 Å². The van der Waals surface area contributed by atoms with Crippen LogP contribution in [0, 0.1) is 5.92 Å². The molecule has 0 aliphatic heterocycles. The summed E-state index contributed by atoms with van der Waals surface area (Å²) < 4.78 is 10.5. The van der Waals surface area contributed by atoms with Gasteiger partial charge in [-0.05, 0) is 19.9 Å². The highest BCUT2D eigenvalue weighted by Gasteiger charge is 2.31. The summed E-state index contributed by atoms with van der Waals surface area (Å²) in [5.41, 5.74) is 5.81. The van der Waals surface area contributed by atoms with E-state index in [2.05, 4.69) is 32.7 Å². The highest BCUT2D eigenvalue weighted by Crippen LogP contribution is 2.21. The van der Waals surface area contributed by atoms with E-state index in [9.17, 15) is 0 Å². The number of hydrogen-bond donors (Lipinski definition) is 1. The molecule has 1 atom stereocenters. The molecule has 4 heteroatoms. The highest BCUT2D eigenvalue weighted by molar-refractivity contribution is 4.87. The molecule has 0 rings (SSSR count). The van der Waals surface area contributed by atoms with Crippen LogP contribution in [-0.4, -0.2) is 51.1 Å². The molecule has 16 heavy (non-hydrogen) atoms. The van der Waals surface area contributed by atoms with Crippen molar-refractivity contribution in [2.24, 2.45) is 11.7 Å². The maximum atomic E-state index is 5.89. The molecule has 0 amide bonds. The molecule has 0 fully saturated rings. The van der Waals surface area contributed by atoms with E-state index in [1.54, 1.807) is 14.2 Å². The minimum absolute atomic E-state index is 0.0824. The predicted octanol–water partition coefficient (Wildman–Crippen LogP) is 1.30. The molecule has 0 aliphatic rings. The minimum Gasteiger partial charge on any atom is -0.356 e. The second-order valence-electron chi connectivity index (χ2n) is 5.08. The summed E-state index contributed by atoms with van der Waals surface area (Å²) in [5, 5.41) is 0. The Labute approximate surface area is 100 Å². The average Bonchev–Trinajstić information content (AvgIpc) is 2.24. The molecule has 1 unspecified atom stereocenters. The first-order valence-corrected chi connectivity index (χ1v) is 5.86. The van der Waals surface area contributed by atoms with Crippen LogP contribution in [0.25, 0.3) is 0 Å². The van der Waals surface area contributed by atoms with E-state index in [1.807, 2.05) is 0 Å². The zero-order valence-electron chi connectivity index (χ0n) is 11.6. The van der Waals surface area contributed by atoms with E-state index in [0.29, 0.717) is 12.5 Å². The number of likely N-dealkylation sites (N-methyl/N-ethyl adjacent to an activating group) is 1. The van der Waals surface area contributed by atoms with Crippen LogP contribution >= 0.6 is 0 Å². The van der Waals surface area contributed by atoms with Gasteiger partial charge in [-0.2, -0.15) is 0 Å². The molecule has 0 aromatic heterocycles. The third kappa shape index (κ3) is 4.78. The van der Waals surface area contributed by atoms with E-state index in [4.69, 9.17) is 15.2 Å². The molecule has 0 spiro atoms. The van der Waals surface area contributed by atoms with Crippen LogP contribution in [0.4, 0.5) is 0 Å². The molecule has 0 saturated carbocycles. The molecular formula is C12H28N2O2. The maximum Gasteiger partial charge on any atom is 0.158 e. The number of nitrogens with zero attached hydrogens (tertiary/aromatic N) is 1. The van der Waals surface area contributed by atoms with Crippen molar-refractivity contribution >= 4 is 0 Å². The van der Waals surface area contributed by atoms with Crippen LogP contribution in [0.3, 0.4) is 0 Å². The van der Waals surface area contributed by atoms with Gasteiger partial charge in [0.25, 0.3) is 0 Å². The molecular weight excluding hydrogens is 204 g/mol. The molecule has 4 nitrogen and oxygen atoms in total. The van der Waals surface area contributed by atoms with Crippen LogP contribution in [0.1, 0.15) is 27.2 Å². The predicted molar refractivity (Wildman–Crippen MR) is 67.4 cm³/mol. The van der Waals surface area contributed by atoms with Gasteiger partial charge in [-0.15, -0.1) is 0 Å². The molecule has 0 aromatic rings. The largest absolute Gasteiger partial charge is 0.356 e. The van der Waals surface area contributed by atoms with Gasteiger partial charge in [0.1, 0.15) is 0 Å². The van der Waals surface area contributed by atoms with Gasteiger partial charge in [-0.25, -0.2) is 0 Å². The van der Waals surface area contributed by atoms with Gasteiger partial charge in [0.15, 0.2) is 6.29 Å². The van der Waals surface area contributed by atoms with E-state index in [0.717, 1.165) is 13.0 Å². The van der Waals surface area contributed by atoms with Crippen LogP contribution < -0.4 is 5.73 Å². The first-order chi connectivity index (χ1) is 7.39. The lowest BCUT2D eigenvalue weighted by molar-refractivity contribution is -0.127. The average molecular weight is 232 g/mol. The van der Waals surface area contributed by atoms with E-state index in [1.165, 1.54) is 0 Å². The first-order valence-electron chi connectivity index (χ1n) is 5.86. The summed E-state index contributed by atoms with van der Waals surface area (Å²) in [4.78, 5) is 2.29. The summed E-state index contributed by atoms with van der Waals surface area (Å²) in [6, 6.07) is 0. The Kier molecular flexibility index (Phi) is 7.15. The molecule has 0 saturated heterocycles. The second-order valence-corrected chi connectivity index (χ2v) is 5.08. The summed E-state index contributed by atoms with van der Waals surface area (Å²) in [6.07, 6.45) is 0.586. The number of ether oxygens (including phenoxy) is 2. The molecule has 0 aliphatic carbocycles. The van der Waals surface area contributed by atoms with Crippen LogP contribution in [0.5, 0.6) is 0 Å². The summed E-state index contributed by atoms with van der Waals surface area (Å²) in [7, 11) is 5.43. The summed E-state index contributed by atoms with van der Waals surface area (Å²) >= 11 is 0. The number of nitrogens with two attached hydrogens (primary N) is 1. The van der Waals surface area contributed by atoms with E-state index >= 15 is 0 Å². The molecule has 0 radical (unpaired) electrons. The van der Waals surface area contributed by atoms with Crippen molar-refractivity contribution in [3.8, 4) is 0 Å². The molecule has 98 valence electrons. The fourth-order valence-electron chi connectivity index (χ4n) is 1.79. The normalized spacial score (nSPS) is 16.1. The van der Waals surface area contributed by atoms with Crippen molar-refractivity contribution in [1.29, 1.82) is 0 Å². The second kappa shape index (κ2) is 7.22. The van der Waals surface area contributed by atoms with Gasteiger partial charge in [-0.1, -0.05) is 13.8 Å². The fraction of sp³-hybridized carbons (Fsp3) is 1.00. The third-order valence-electron chi connectivity index (χ3n) is 3.13. The van der Waals surface area contributed by atoms with Gasteiger partial charge in [0, 0.05) is 39.3 Å². The number of methoxy groups -OCH3 is 2. The van der Waals surface area contributed by atoms with Gasteiger partial charge >= 0.3 is 0 Å². The van der Waals surface area contributed by atoms with Gasteiger partial charge in [-0.3, -0.25) is 4.90 Å². The van der Waals surface area contributed by atoms with Crippen molar-refractivity contribution in [1.82, 2.24) is 4.90 Å². The fourth-order valence-corrected chi connectivity index (χ4v) is 1.79. The SMILES string of the molecule is COC(CC(C)(CN)N(C)CC(C)C)OC. The molecule has 0 bridgehead atoms. The monoisotopic (exact) mass is 232 g/mol. The van der Waals surface area contributed by atoms with Crippen LogP contribution in [0.15, 0.2) is 0 Å². The summed E-state index contributed by atoms with van der Waals surface area (Å²) in [6.45, 7) is 8.18. The van der Waals surface area contributed by atoms with Crippen LogP contribution in [0.2, 0.25) is 0 Å². The smallest absolute Gasteiger partial charge is 0.158 e. The Balaban J connectivity index is 4.49. The summed E-state index contributed by atoms with van der Waals surface area (Å²) in [5.74, 6) is 0.624. The quantitative estimate of drug-likeness (QED) is 0.641. The Bertz CT molecular complexity index is 184. The van der Waals surface area contributed by atoms with Crippen molar-refractivity contribution in [2.75, 3.05) is 34.4 Å². The number of hydrogen-bond acceptors (Lipinski definition) is 4. The Hall–Kier alpha value is -0.160. The maximum absolute atomic E-state index is 5.89. The lowest BCUT2D eigenvalue weighted by atomic mass is 9.94. The Morgan fingerprint density at radius 2 is 1.75 bits per heavy atom. The van der Waals surface area contributed by atoms with Crippen molar-refractivity contribution in [3.63, 3.8) is 0 Å². The molecule has 0 aromatic carbocycles. The van der Waals surface area contributed by atoms with E-state index < -0.39 is 0 Å². The van der Waals surface area contributed by atoms with Crippen molar-refractivity contribution < 1.29 is 9.47 Å². The Morgan fingerprint density at radius 3 is 2.06 bits per heavy atom. The topological polar surface area (TPSA) is 47.7 Å². The van der Waals surface area contributed by atoms with Crippen LogP contribution in [-0.2, 0) is 9.47 Å². The highest BCUT2D eigenvalue weighted by atomic mass is 16.7. The third-order valence-corrected chi connectivity index (χ3v) is 3.13. The minimum atomic E-state index is -0.192. The zero-order valence-corrected chi connectivity index (χ0v) is 11.6. The van der Waals surface area contributed by atoms with E-state index in [-0.39, 0.29) is 11.8 Å². The lowest BCUT2D eigenvalue weighted by Gasteiger charge is -2.40. The van der Waals surface area contributed by atoms with Gasteiger partial charge < -0.3 is 15.2 Å². The molecule has 0 heterocycles. The first kappa shape index (κ1) is 15.8. The molecule has 2 N–H and O–H groups in total. The van der Waals surface area contributed by atoms with Crippen molar-refractivity contribution in [3.05, 3.63) is 0 Å². The lowest BCUT2D eigenvalue weighted by Crippen LogP contribution is -2.53.